The third kappa shape index (κ3) is 3.35. The molecule has 0 saturated heterocycles. The molecule has 6 aromatic rings. The summed E-state index contributed by atoms with van der Waals surface area (Å²) in [5.74, 6) is 0. The minimum Gasteiger partial charge on any atom is -0.434 e. The molecule has 0 atom stereocenters. The average molecular weight is 488 g/mol. The first-order valence-corrected chi connectivity index (χ1v) is 11.3. The molecule has 4 aromatic carbocycles. The first-order chi connectivity index (χ1) is 18.7. The Morgan fingerprint density at radius 2 is 1.05 bits per heavy atom. The van der Waals surface area contributed by atoms with Crippen LogP contribution in [0, 0.1) is 45.3 Å². The number of hydrogen-bond acceptors (Lipinski definition) is 8. The molecule has 0 bridgehead atoms. The number of rotatable bonds is 2. The fraction of sp³-hybridized carbons (Fsp3) is 0. The van der Waals surface area contributed by atoms with Gasteiger partial charge in [0.05, 0.1) is 5.39 Å². The smallest absolute Gasteiger partial charge is 0.249 e. The number of nitriles is 4. The maximum absolute atomic E-state index is 9.46. The molecule has 6 rings (SSSR count). The van der Waals surface area contributed by atoms with Gasteiger partial charge in [-0.25, -0.2) is 9.97 Å². The number of nitrogens with zero attached hydrogens (tertiary/aromatic N) is 6. The van der Waals surface area contributed by atoms with Gasteiger partial charge in [0.25, 0.3) is 0 Å². The molecule has 0 unspecified atom stereocenters. The lowest BCUT2D eigenvalue weighted by Gasteiger charge is -2.09. The molecule has 0 spiro atoms. The van der Waals surface area contributed by atoms with E-state index >= 15 is 0 Å². The molecule has 38 heavy (non-hydrogen) atoms. The number of benzene rings is 4. The van der Waals surface area contributed by atoms with Gasteiger partial charge in [0.1, 0.15) is 35.3 Å². The van der Waals surface area contributed by atoms with Crippen LogP contribution in [0.15, 0.2) is 81.6 Å². The molecule has 0 aliphatic carbocycles. The van der Waals surface area contributed by atoms with Crippen molar-refractivity contribution in [3.05, 3.63) is 83.9 Å². The van der Waals surface area contributed by atoms with Gasteiger partial charge in [-0.1, -0.05) is 60.7 Å². The number of aromatic nitrogens is 2. The van der Waals surface area contributed by atoms with Crippen molar-refractivity contribution < 1.29 is 8.83 Å². The summed E-state index contributed by atoms with van der Waals surface area (Å²) in [7, 11) is 0. The summed E-state index contributed by atoms with van der Waals surface area (Å²) in [6, 6.07) is 30.3. The van der Waals surface area contributed by atoms with Crippen LogP contribution in [0.1, 0.15) is 0 Å². The lowest BCUT2D eigenvalue weighted by Crippen LogP contribution is -2.03. The zero-order valence-electron chi connectivity index (χ0n) is 19.4. The normalized spacial score (nSPS) is 10.5. The predicted molar refractivity (Wildman–Crippen MR) is 138 cm³/mol. The Kier molecular flexibility index (Phi) is 5.14. The van der Waals surface area contributed by atoms with Crippen LogP contribution in [-0.2, 0) is 0 Å². The van der Waals surface area contributed by atoms with Crippen LogP contribution in [0.5, 0.6) is 0 Å². The van der Waals surface area contributed by atoms with Crippen LogP contribution in [0.25, 0.3) is 66.4 Å². The molecule has 8 heteroatoms. The minimum atomic E-state index is -0.270. The Morgan fingerprint density at radius 1 is 0.579 bits per heavy atom. The third-order valence-electron chi connectivity index (χ3n) is 6.15. The highest BCUT2D eigenvalue weighted by Crippen LogP contribution is 2.40. The molecule has 0 radical (unpaired) electrons. The van der Waals surface area contributed by atoms with Gasteiger partial charge in [0.15, 0.2) is 22.3 Å². The van der Waals surface area contributed by atoms with Crippen molar-refractivity contribution in [3.8, 4) is 46.5 Å². The molecule has 0 saturated carbocycles. The van der Waals surface area contributed by atoms with Gasteiger partial charge < -0.3 is 8.83 Å². The summed E-state index contributed by atoms with van der Waals surface area (Å²) in [5.41, 5.74) is 3.86. The van der Waals surface area contributed by atoms with E-state index in [9.17, 15) is 21.0 Å². The van der Waals surface area contributed by atoms with Crippen molar-refractivity contribution in [2.75, 3.05) is 0 Å². The monoisotopic (exact) mass is 488 g/mol. The minimum absolute atomic E-state index is 0.111. The molecule has 0 N–H and O–H groups in total. The first kappa shape index (κ1) is 22.3. The molecule has 0 aliphatic heterocycles. The van der Waals surface area contributed by atoms with Crippen LogP contribution in [0.2, 0.25) is 0 Å². The SMILES string of the molecule is N#CC(C#N)=c1nc2c(o1)c(-c1ccccc1)cc1cc(-c3ccccc3)c3nc(=C(C#N)C#N)oc3c12. The summed E-state index contributed by atoms with van der Waals surface area (Å²) in [6.45, 7) is 0. The van der Waals surface area contributed by atoms with Crippen LogP contribution >= 0.6 is 0 Å². The molecule has 0 amide bonds. The lowest BCUT2D eigenvalue weighted by atomic mass is 9.95. The largest absolute Gasteiger partial charge is 0.434 e. The Hall–Kier alpha value is -6.22. The molecular formula is C30H12N6O2. The van der Waals surface area contributed by atoms with E-state index in [-0.39, 0.29) is 22.2 Å². The summed E-state index contributed by atoms with van der Waals surface area (Å²) < 4.78 is 12.1. The molecule has 2 aromatic heterocycles. The van der Waals surface area contributed by atoms with E-state index in [1.807, 2.05) is 97.1 Å². The highest BCUT2D eigenvalue weighted by molar-refractivity contribution is 6.21. The second kappa shape index (κ2) is 8.77. The van der Waals surface area contributed by atoms with Crippen LogP contribution in [0.3, 0.4) is 0 Å². The van der Waals surface area contributed by atoms with E-state index in [0.717, 1.165) is 22.1 Å². The van der Waals surface area contributed by atoms with E-state index in [0.29, 0.717) is 33.1 Å². The van der Waals surface area contributed by atoms with Crippen molar-refractivity contribution in [1.29, 1.82) is 21.0 Å². The van der Waals surface area contributed by atoms with E-state index in [1.54, 1.807) is 0 Å². The lowest BCUT2D eigenvalue weighted by molar-refractivity contribution is 0.560. The number of fused-ring (bicyclic) bond motifs is 5. The maximum Gasteiger partial charge on any atom is 0.249 e. The molecule has 0 aliphatic rings. The van der Waals surface area contributed by atoms with Gasteiger partial charge in [0.2, 0.25) is 11.1 Å². The number of oxazole rings is 2. The van der Waals surface area contributed by atoms with Gasteiger partial charge in [-0.15, -0.1) is 0 Å². The Labute approximate surface area is 214 Å². The third-order valence-corrected chi connectivity index (χ3v) is 6.15. The molecule has 8 nitrogen and oxygen atoms in total. The Morgan fingerprint density at radius 3 is 1.61 bits per heavy atom. The number of hydrogen-bond donors (Lipinski definition) is 0. The summed E-state index contributed by atoms with van der Waals surface area (Å²) in [6.07, 6.45) is 0. The first-order valence-electron chi connectivity index (χ1n) is 11.3. The second-order valence-electron chi connectivity index (χ2n) is 8.27. The van der Waals surface area contributed by atoms with Crippen LogP contribution in [0.4, 0.5) is 0 Å². The predicted octanol–water partition coefficient (Wildman–Crippen LogP) is 4.85. The van der Waals surface area contributed by atoms with E-state index < -0.39 is 0 Å². The van der Waals surface area contributed by atoms with Crippen molar-refractivity contribution in [2.24, 2.45) is 0 Å². The standard InChI is InChI=1S/C30H12N6O2/c31-13-20(14-32)29-35-25-22(17-7-3-1-4-8-17)11-19-12-23(18-9-5-2-6-10-18)27-26(24(19)28(25)38-29)36-30(37-27)21(15-33)16-34/h1-12H. The van der Waals surface area contributed by atoms with Crippen molar-refractivity contribution in [1.82, 2.24) is 9.97 Å². The van der Waals surface area contributed by atoms with Gasteiger partial charge in [-0.05, 0) is 28.6 Å². The van der Waals surface area contributed by atoms with Crippen molar-refractivity contribution in [3.63, 3.8) is 0 Å². The summed E-state index contributed by atoms with van der Waals surface area (Å²) in [5, 5.41) is 39.1. The van der Waals surface area contributed by atoms with Crippen molar-refractivity contribution >= 4 is 44.1 Å². The van der Waals surface area contributed by atoms with Gasteiger partial charge >= 0.3 is 0 Å². The second-order valence-corrected chi connectivity index (χ2v) is 8.27. The maximum atomic E-state index is 9.46. The van der Waals surface area contributed by atoms with Gasteiger partial charge in [0, 0.05) is 11.1 Å². The van der Waals surface area contributed by atoms with Gasteiger partial charge in [-0.2, -0.15) is 21.0 Å². The quantitative estimate of drug-likeness (QED) is 0.336. The topological polar surface area (TPSA) is 147 Å². The van der Waals surface area contributed by atoms with Crippen molar-refractivity contribution in [2.45, 2.75) is 0 Å². The fourth-order valence-corrected chi connectivity index (χ4v) is 4.48. The van der Waals surface area contributed by atoms with Crippen LogP contribution < -0.4 is 11.1 Å². The Bertz CT molecular complexity index is 2030. The van der Waals surface area contributed by atoms with Gasteiger partial charge in [-0.3, -0.25) is 0 Å². The highest BCUT2D eigenvalue weighted by Gasteiger charge is 2.22. The van der Waals surface area contributed by atoms with Crippen LogP contribution in [-0.4, -0.2) is 9.97 Å². The highest BCUT2D eigenvalue weighted by atomic mass is 16.3. The van der Waals surface area contributed by atoms with E-state index in [4.69, 9.17) is 8.83 Å². The fourth-order valence-electron chi connectivity index (χ4n) is 4.48. The van der Waals surface area contributed by atoms with E-state index in [2.05, 4.69) is 9.97 Å². The summed E-state index contributed by atoms with van der Waals surface area (Å²) >= 11 is 0. The Balaban J connectivity index is 1.90. The van der Waals surface area contributed by atoms with E-state index in [1.165, 1.54) is 0 Å². The molecule has 2 heterocycles. The zero-order chi connectivity index (χ0) is 26.2. The molecule has 0 fully saturated rings. The average Bonchev–Trinajstić information content (AvgIpc) is 3.60. The molecule has 174 valence electrons. The molecular weight excluding hydrogens is 476 g/mol. The zero-order valence-corrected chi connectivity index (χ0v) is 19.4. The summed E-state index contributed by atoms with van der Waals surface area (Å²) in [4.78, 5) is 9.07.